The van der Waals surface area contributed by atoms with Gasteiger partial charge in [0.1, 0.15) is 17.2 Å². The van der Waals surface area contributed by atoms with Crippen molar-refractivity contribution in [3.8, 4) is 22.4 Å². The van der Waals surface area contributed by atoms with Gasteiger partial charge in [0, 0.05) is 11.8 Å². The van der Waals surface area contributed by atoms with E-state index in [1.165, 1.54) is 7.11 Å². The number of hydrogen-bond acceptors (Lipinski definition) is 4. The molecule has 5 heteroatoms. The number of imidazole rings is 1. The van der Waals surface area contributed by atoms with E-state index in [2.05, 4.69) is 17.1 Å². The molecule has 0 radical (unpaired) electrons. The van der Waals surface area contributed by atoms with E-state index in [9.17, 15) is 4.79 Å². The van der Waals surface area contributed by atoms with E-state index >= 15 is 0 Å². The molecule has 0 amide bonds. The van der Waals surface area contributed by atoms with Gasteiger partial charge in [-0.1, -0.05) is 54.6 Å². The molecule has 0 aliphatic rings. The Bertz CT molecular complexity index is 1080. The predicted molar refractivity (Wildman–Crippen MR) is 102 cm³/mol. The van der Waals surface area contributed by atoms with Gasteiger partial charge in [0.05, 0.1) is 12.7 Å². The van der Waals surface area contributed by atoms with E-state index in [-0.39, 0.29) is 0 Å². The van der Waals surface area contributed by atoms with Crippen molar-refractivity contribution in [1.29, 1.82) is 0 Å². The molecule has 2 heterocycles. The van der Waals surface area contributed by atoms with Crippen LogP contribution in [-0.4, -0.2) is 22.5 Å². The zero-order chi connectivity index (χ0) is 18.1. The van der Waals surface area contributed by atoms with Gasteiger partial charge in [-0.15, -0.1) is 0 Å². The fraction of sp³-hybridized carbons (Fsp3) is 0.0476. The van der Waals surface area contributed by atoms with Crippen LogP contribution in [0.3, 0.4) is 0 Å². The molecule has 0 spiro atoms. The van der Waals surface area contributed by atoms with Gasteiger partial charge >= 0.3 is 5.97 Å². The lowest BCUT2D eigenvalue weighted by atomic mass is 10.0. The zero-order valence-corrected chi connectivity index (χ0v) is 14.2. The summed E-state index contributed by atoms with van der Waals surface area (Å²) in [5.74, 6) is 0.131. The van der Waals surface area contributed by atoms with Crippen LogP contribution in [0.15, 0.2) is 72.9 Å². The van der Waals surface area contributed by atoms with Crippen molar-refractivity contribution in [2.24, 2.45) is 0 Å². The van der Waals surface area contributed by atoms with Crippen molar-refractivity contribution in [3.63, 3.8) is 0 Å². The fourth-order valence-corrected chi connectivity index (χ4v) is 2.97. The van der Waals surface area contributed by atoms with Gasteiger partial charge in [0.2, 0.25) is 0 Å². The van der Waals surface area contributed by atoms with Crippen molar-refractivity contribution in [2.45, 2.75) is 0 Å². The zero-order valence-electron chi connectivity index (χ0n) is 14.2. The van der Waals surface area contributed by atoms with Crippen LogP contribution in [0.4, 0.5) is 5.82 Å². The summed E-state index contributed by atoms with van der Waals surface area (Å²) < 4.78 is 6.51. The summed E-state index contributed by atoms with van der Waals surface area (Å²) in [5, 5.41) is 0. The van der Waals surface area contributed by atoms with Crippen LogP contribution >= 0.6 is 0 Å². The number of anilines is 1. The van der Waals surface area contributed by atoms with E-state index in [1.807, 2.05) is 42.5 Å². The smallest absolute Gasteiger partial charge is 0.338 e. The number of carbonyl (C=O) groups is 1. The first-order valence-electron chi connectivity index (χ1n) is 8.19. The second-order valence-corrected chi connectivity index (χ2v) is 5.92. The van der Waals surface area contributed by atoms with Gasteiger partial charge in [-0.05, 0) is 23.3 Å². The number of nitrogen functional groups attached to an aromatic ring is 1. The van der Waals surface area contributed by atoms with Gasteiger partial charge in [0.25, 0.3) is 0 Å². The van der Waals surface area contributed by atoms with Crippen LogP contribution in [0.1, 0.15) is 10.4 Å². The van der Waals surface area contributed by atoms with E-state index in [1.54, 1.807) is 22.7 Å². The van der Waals surface area contributed by atoms with Crippen molar-refractivity contribution in [2.75, 3.05) is 12.8 Å². The molecule has 2 aromatic heterocycles. The van der Waals surface area contributed by atoms with Crippen LogP contribution < -0.4 is 5.73 Å². The molecular weight excluding hydrogens is 326 g/mol. The van der Waals surface area contributed by atoms with Gasteiger partial charge in [-0.2, -0.15) is 0 Å². The first-order valence-corrected chi connectivity index (χ1v) is 8.19. The highest BCUT2D eigenvalue weighted by atomic mass is 16.5. The number of hydrogen-bond donors (Lipinski definition) is 1. The Morgan fingerprint density at radius 3 is 2.31 bits per heavy atom. The molecule has 4 rings (SSSR count). The summed E-state index contributed by atoms with van der Waals surface area (Å²) in [7, 11) is 1.35. The molecule has 0 bridgehead atoms. The topological polar surface area (TPSA) is 69.6 Å². The summed E-state index contributed by atoms with van der Waals surface area (Å²) >= 11 is 0. The quantitative estimate of drug-likeness (QED) is 0.570. The average molecular weight is 343 g/mol. The molecule has 0 aliphatic carbocycles. The van der Waals surface area contributed by atoms with Gasteiger partial charge < -0.3 is 10.5 Å². The summed E-state index contributed by atoms with van der Waals surface area (Å²) in [6.45, 7) is 0. The van der Waals surface area contributed by atoms with Crippen molar-refractivity contribution < 1.29 is 9.53 Å². The monoisotopic (exact) mass is 343 g/mol. The highest BCUT2D eigenvalue weighted by Gasteiger charge is 2.14. The molecule has 4 aromatic rings. The Kier molecular flexibility index (Phi) is 3.89. The summed E-state index contributed by atoms with van der Waals surface area (Å²) in [4.78, 5) is 16.3. The van der Waals surface area contributed by atoms with Crippen molar-refractivity contribution >= 4 is 17.4 Å². The molecule has 5 nitrogen and oxygen atoms in total. The maximum Gasteiger partial charge on any atom is 0.338 e. The van der Waals surface area contributed by atoms with Crippen LogP contribution in [0.5, 0.6) is 0 Å². The lowest BCUT2D eigenvalue weighted by Crippen LogP contribution is -2.02. The highest BCUT2D eigenvalue weighted by Crippen LogP contribution is 2.29. The first-order chi connectivity index (χ1) is 12.7. The summed E-state index contributed by atoms with van der Waals surface area (Å²) in [6.07, 6.45) is 1.73. The third kappa shape index (κ3) is 2.69. The van der Waals surface area contributed by atoms with Gasteiger partial charge in [-0.25, -0.2) is 9.78 Å². The maximum atomic E-state index is 11.7. The normalized spacial score (nSPS) is 10.8. The van der Waals surface area contributed by atoms with Crippen molar-refractivity contribution in [3.05, 3.63) is 78.5 Å². The largest absolute Gasteiger partial charge is 0.465 e. The Labute approximate surface area is 150 Å². The minimum Gasteiger partial charge on any atom is -0.465 e. The first kappa shape index (κ1) is 15.9. The third-order valence-electron chi connectivity index (χ3n) is 4.35. The lowest BCUT2D eigenvalue weighted by molar-refractivity contribution is 0.0600. The molecule has 0 aliphatic heterocycles. The summed E-state index contributed by atoms with van der Waals surface area (Å²) in [6, 6.07) is 21.6. The number of pyridine rings is 1. The van der Waals surface area contributed by atoms with Crippen molar-refractivity contribution in [1.82, 2.24) is 9.38 Å². The number of methoxy groups -OCH3 is 1. The number of nitrogens with zero attached hydrogens (tertiary/aromatic N) is 2. The second kappa shape index (κ2) is 6.37. The van der Waals surface area contributed by atoms with Gasteiger partial charge in [-0.3, -0.25) is 4.40 Å². The number of fused-ring (bicyclic) bond motifs is 1. The van der Waals surface area contributed by atoms with Crippen LogP contribution in [0.25, 0.3) is 28.0 Å². The summed E-state index contributed by atoms with van der Waals surface area (Å²) in [5.41, 5.74) is 11.2. The van der Waals surface area contributed by atoms with Crippen LogP contribution in [0.2, 0.25) is 0 Å². The number of aromatic nitrogens is 2. The number of carbonyl (C=O) groups excluding carboxylic acids is 1. The lowest BCUT2D eigenvalue weighted by Gasteiger charge is -2.04. The van der Waals surface area contributed by atoms with E-state index < -0.39 is 5.97 Å². The molecular formula is C21H17N3O2. The standard InChI is InChI=1S/C21H17N3O2/c1-26-21(25)17-11-12-24-18(13-17)23-19(20(24)22)16-9-7-15(8-10-16)14-5-3-2-4-6-14/h2-13H,22H2,1H3. The fourth-order valence-electron chi connectivity index (χ4n) is 2.97. The Morgan fingerprint density at radius 1 is 0.962 bits per heavy atom. The number of rotatable bonds is 3. The minimum absolute atomic E-state index is 0.400. The molecule has 0 atom stereocenters. The molecule has 2 aromatic carbocycles. The molecule has 0 unspecified atom stereocenters. The van der Waals surface area contributed by atoms with E-state index in [0.29, 0.717) is 22.7 Å². The number of nitrogens with two attached hydrogens (primary N) is 1. The van der Waals surface area contributed by atoms with E-state index in [4.69, 9.17) is 10.5 Å². The third-order valence-corrected chi connectivity index (χ3v) is 4.35. The van der Waals surface area contributed by atoms with E-state index in [0.717, 1.165) is 16.7 Å². The molecule has 2 N–H and O–H groups in total. The Balaban J connectivity index is 1.74. The number of ether oxygens (including phenoxy) is 1. The molecule has 128 valence electrons. The Morgan fingerprint density at radius 2 is 1.62 bits per heavy atom. The van der Waals surface area contributed by atoms with Crippen LogP contribution in [0, 0.1) is 0 Å². The molecule has 26 heavy (non-hydrogen) atoms. The Hall–Kier alpha value is -3.60. The van der Waals surface area contributed by atoms with Crippen LogP contribution in [-0.2, 0) is 4.74 Å². The highest BCUT2D eigenvalue weighted by molar-refractivity contribution is 5.91. The SMILES string of the molecule is COC(=O)c1ccn2c(N)c(-c3ccc(-c4ccccc4)cc3)nc2c1. The number of benzene rings is 2. The molecule has 0 fully saturated rings. The minimum atomic E-state index is -0.400. The average Bonchev–Trinajstić information content (AvgIpc) is 3.04. The molecule has 0 saturated carbocycles. The van der Waals surface area contributed by atoms with Gasteiger partial charge in [0.15, 0.2) is 0 Å². The molecule has 0 saturated heterocycles. The predicted octanol–water partition coefficient (Wildman–Crippen LogP) is 4.04. The maximum absolute atomic E-state index is 11.7. The number of esters is 1. The second-order valence-electron chi connectivity index (χ2n) is 5.92.